The SMILES string of the molecule is O=C(NC(CO)c1ccc(Cl)cc1)c1ccc(F)cc1F. The third-order valence-corrected chi connectivity index (χ3v) is 3.19. The van der Waals surface area contributed by atoms with Crippen molar-refractivity contribution in [3.05, 3.63) is 70.2 Å². The second-order valence-corrected chi connectivity index (χ2v) is 4.82. The van der Waals surface area contributed by atoms with Crippen molar-refractivity contribution in [1.29, 1.82) is 0 Å². The molecule has 0 saturated heterocycles. The predicted molar refractivity (Wildman–Crippen MR) is 75.1 cm³/mol. The average Bonchev–Trinajstić information content (AvgIpc) is 2.45. The second-order valence-electron chi connectivity index (χ2n) is 4.38. The molecule has 0 heterocycles. The van der Waals surface area contributed by atoms with Crippen molar-refractivity contribution >= 4 is 17.5 Å². The number of halogens is 3. The number of hydrogen-bond acceptors (Lipinski definition) is 2. The van der Waals surface area contributed by atoms with Gasteiger partial charge in [0, 0.05) is 11.1 Å². The van der Waals surface area contributed by atoms with E-state index in [1.54, 1.807) is 24.3 Å². The van der Waals surface area contributed by atoms with E-state index < -0.39 is 23.6 Å². The molecule has 1 atom stereocenters. The first-order chi connectivity index (χ1) is 10.0. The maximum Gasteiger partial charge on any atom is 0.254 e. The largest absolute Gasteiger partial charge is 0.394 e. The summed E-state index contributed by atoms with van der Waals surface area (Å²) in [6.07, 6.45) is 0. The molecule has 0 aromatic heterocycles. The highest BCUT2D eigenvalue weighted by molar-refractivity contribution is 6.30. The van der Waals surface area contributed by atoms with Crippen molar-refractivity contribution in [3.8, 4) is 0 Å². The molecule has 0 saturated carbocycles. The van der Waals surface area contributed by atoms with Crippen LogP contribution < -0.4 is 5.32 Å². The number of amides is 1. The lowest BCUT2D eigenvalue weighted by Gasteiger charge is -2.17. The van der Waals surface area contributed by atoms with Crippen LogP contribution in [0.4, 0.5) is 8.78 Å². The van der Waals surface area contributed by atoms with Crippen molar-refractivity contribution in [2.45, 2.75) is 6.04 Å². The fraction of sp³-hybridized carbons (Fsp3) is 0.133. The normalized spacial score (nSPS) is 12.0. The van der Waals surface area contributed by atoms with Gasteiger partial charge in [0.1, 0.15) is 11.6 Å². The molecule has 6 heteroatoms. The highest BCUT2D eigenvalue weighted by Gasteiger charge is 2.18. The van der Waals surface area contributed by atoms with Gasteiger partial charge < -0.3 is 10.4 Å². The number of nitrogens with one attached hydrogen (secondary N) is 1. The van der Waals surface area contributed by atoms with Crippen LogP contribution in [0.15, 0.2) is 42.5 Å². The highest BCUT2D eigenvalue weighted by atomic mass is 35.5. The first-order valence-electron chi connectivity index (χ1n) is 6.13. The van der Waals surface area contributed by atoms with Crippen LogP contribution in [0, 0.1) is 11.6 Å². The van der Waals surface area contributed by atoms with Gasteiger partial charge in [-0.05, 0) is 29.8 Å². The van der Waals surface area contributed by atoms with E-state index >= 15 is 0 Å². The Bertz CT molecular complexity index is 647. The lowest BCUT2D eigenvalue weighted by atomic mass is 10.1. The molecule has 2 N–H and O–H groups in total. The maximum absolute atomic E-state index is 13.5. The van der Waals surface area contributed by atoms with Gasteiger partial charge in [-0.3, -0.25) is 4.79 Å². The Labute approximate surface area is 125 Å². The third kappa shape index (κ3) is 3.77. The van der Waals surface area contributed by atoms with Gasteiger partial charge in [-0.1, -0.05) is 23.7 Å². The molecule has 2 rings (SSSR count). The summed E-state index contributed by atoms with van der Waals surface area (Å²) in [5.74, 6) is -2.46. The Hall–Kier alpha value is -1.98. The Morgan fingerprint density at radius 3 is 2.43 bits per heavy atom. The van der Waals surface area contributed by atoms with Gasteiger partial charge in [-0.15, -0.1) is 0 Å². The first-order valence-corrected chi connectivity index (χ1v) is 6.51. The summed E-state index contributed by atoms with van der Waals surface area (Å²) in [6.45, 7) is -0.365. The molecular formula is C15H12ClF2NO2. The number of rotatable bonds is 4. The summed E-state index contributed by atoms with van der Waals surface area (Å²) in [5.41, 5.74) is 0.335. The molecule has 1 amide bonds. The summed E-state index contributed by atoms with van der Waals surface area (Å²) in [7, 11) is 0. The van der Waals surface area contributed by atoms with E-state index in [0.717, 1.165) is 12.1 Å². The van der Waals surface area contributed by atoms with Crippen molar-refractivity contribution in [3.63, 3.8) is 0 Å². The quantitative estimate of drug-likeness (QED) is 0.911. The van der Waals surface area contributed by atoms with Crippen LogP contribution in [0.2, 0.25) is 5.02 Å². The summed E-state index contributed by atoms with van der Waals surface area (Å²) >= 11 is 5.76. The molecule has 0 aliphatic rings. The molecular weight excluding hydrogens is 300 g/mol. The fourth-order valence-corrected chi connectivity index (χ4v) is 1.97. The molecule has 0 fully saturated rings. The molecule has 0 radical (unpaired) electrons. The lowest BCUT2D eigenvalue weighted by molar-refractivity contribution is 0.0912. The van der Waals surface area contributed by atoms with E-state index in [0.29, 0.717) is 16.7 Å². The summed E-state index contributed by atoms with van der Waals surface area (Å²) in [6, 6.07) is 8.48. The lowest BCUT2D eigenvalue weighted by Crippen LogP contribution is -2.31. The Morgan fingerprint density at radius 1 is 1.19 bits per heavy atom. The van der Waals surface area contributed by atoms with Gasteiger partial charge in [-0.25, -0.2) is 8.78 Å². The van der Waals surface area contributed by atoms with Crippen molar-refractivity contribution in [1.82, 2.24) is 5.32 Å². The van der Waals surface area contributed by atoms with E-state index in [1.807, 2.05) is 0 Å². The monoisotopic (exact) mass is 311 g/mol. The van der Waals surface area contributed by atoms with Crippen LogP contribution in [0.25, 0.3) is 0 Å². The van der Waals surface area contributed by atoms with Crippen molar-refractivity contribution < 1.29 is 18.7 Å². The number of aliphatic hydroxyl groups is 1. The van der Waals surface area contributed by atoms with Crippen LogP contribution in [0.5, 0.6) is 0 Å². The topological polar surface area (TPSA) is 49.3 Å². The van der Waals surface area contributed by atoms with Gasteiger partial charge in [0.15, 0.2) is 0 Å². The molecule has 2 aromatic carbocycles. The number of hydrogen-bond donors (Lipinski definition) is 2. The van der Waals surface area contributed by atoms with Crippen LogP contribution >= 0.6 is 11.6 Å². The highest BCUT2D eigenvalue weighted by Crippen LogP contribution is 2.17. The van der Waals surface area contributed by atoms with Crippen LogP contribution in [0.3, 0.4) is 0 Å². The molecule has 0 bridgehead atoms. The molecule has 0 aliphatic carbocycles. The molecule has 110 valence electrons. The van der Waals surface area contributed by atoms with E-state index in [1.165, 1.54) is 0 Å². The molecule has 3 nitrogen and oxygen atoms in total. The van der Waals surface area contributed by atoms with Crippen molar-refractivity contribution in [2.24, 2.45) is 0 Å². The van der Waals surface area contributed by atoms with Crippen molar-refractivity contribution in [2.75, 3.05) is 6.61 Å². The fourth-order valence-electron chi connectivity index (χ4n) is 1.84. The van der Waals surface area contributed by atoms with Gasteiger partial charge in [-0.2, -0.15) is 0 Å². The molecule has 2 aromatic rings. The van der Waals surface area contributed by atoms with Gasteiger partial charge in [0.05, 0.1) is 18.2 Å². The average molecular weight is 312 g/mol. The zero-order valence-corrected chi connectivity index (χ0v) is 11.6. The number of carbonyl (C=O) groups excluding carboxylic acids is 1. The Morgan fingerprint density at radius 2 is 1.86 bits per heavy atom. The Kier molecular flexibility index (Phi) is 4.88. The van der Waals surface area contributed by atoms with E-state index in [-0.39, 0.29) is 12.2 Å². The predicted octanol–water partition coefficient (Wildman–Crippen LogP) is 3.08. The molecule has 0 spiro atoms. The zero-order chi connectivity index (χ0) is 15.4. The number of benzene rings is 2. The molecule has 1 unspecified atom stereocenters. The Balaban J connectivity index is 2.18. The zero-order valence-electron chi connectivity index (χ0n) is 10.8. The number of aliphatic hydroxyl groups excluding tert-OH is 1. The van der Waals surface area contributed by atoms with E-state index in [2.05, 4.69) is 5.32 Å². The van der Waals surface area contributed by atoms with Crippen LogP contribution in [0.1, 0.15) is 22.0 Å². The van der Waals surface area contributed by atoms with Crippen LogP contribution in [-0.4, -0.2) is 17.6 Å². The smallest absolute Gasteiger partial charge is 0.254 e. The van der Waals surface area contributed by atoms with Crippen LogP contribution in [-0.2, 0) is 0 Å². The third-order valence-electron chi connectivity index (χ3n) is 2.94. The van der Waals surface area contributed by atoms with Gasteiger partial charge in [0.25, 0.3) is 5.91 Å². The number of carbonyl (C=O) groups is 1. The molecule has 0 aliphatic heterocycles. The van der Waals surface area contributed by atoms with E-state index in [9.17, 15) is 18.7 Å². The minimum Gasteiger partial charge on any atom is -0.394 e. The minimum atomic E-state index is -0.958. The summed E-state index contributed by atoms with van der Waals surface area (Å²) < 4.78 is 26.3. The van der Waals surface area contributed by atoms with Gasteiger partial charge in [0.2, 0.25) is 0 Å². The second kappa shape index (κ2) is 6.65. The van der Waals surface area contributed by atoms with E-state index in [4.69, 9.17) is 11.6 Å². The molecule has 21 heavy (non-hydrogen) atoms. The van der Waals surface area contributed by atoms with Gasteiger partial charge >= 0.3 is 0 Å². The summed E-state index contributed by atoms with van der Waals surface area (Å²) in [4.78, 5) is 12.0. The first kappa shape index (κ1) is 15.4. The minimum absolute atomic E-state index is 0.288. The maximum atomic E-state index is 13.5. The standard InChI is InChI=1S/C15H12ClF2NO2/c16-10-3-1-9(2-4-10)14(8-20)19-15(21)12-6-5-11(17)7-13(12)18/h1-7,14,20H,8H2,(H,19,21). The summed E-state index contributed by atoms with van der Waals surface area (Å²) in [5, 5.41) is 12.4.